The van der Waals surface area contributed by atoms with Crippen molar-refractivity contribution < 1.29 is 14.0 Å². The smallest absolute Gasteiger partial charge is 0.241 e. The molecule has 1 unspecified atom stereocenters. The lowest BCUT2D eigenvalue weighted by Gasteiger charge is -2.26. The molecule has 1 heterocycles. The summed E-state index contributed by atoms with van der Waals surface area (Å²) in [5.74, 6) is -0.991. The van der Waals surface area contributed by atoms with Gasteiger partial charge in [0.2, 0.25) is 11.8 Å². The molecule has 0 saturated carbocycles. The molecule has 6 nitrogen and oxygen atoms in total. The lowest BCUT2D eigenvalue weighted by atomic mass is 9.90. The molecule has 140 valence electrons. The van der Waals surface area contributed by atoms with Crippen molar-refractivity contribution in [3.63, 3.8) is 0 Å². The van der Waals surface area contributed by atoms with Crippen LogP contribution >= 0.6 is 12.4 Å². The first-order chi connectivity index (χ1) is 11.3. The molecule has 25 heavy (non-hydrogen) atoms. The largest absolute Gasteiger partial charge is 0.370 e. The SMILES string of the molecule is CC1(CN)CCN(CC(=O)N(CCC(N)=O)c2ccc(F)cc2)C1.Cl. The zero-order chi connectivity index (χ0) is 17.7. The van der Waals surface area contributed by atoms with E-state index in [0.29, 0.717) is 12.2 Å². The van der Waals surface area contributed by atoms with Crippen molar-refractivity contribution in [2.75, 3.05) is 37.6 Å². The van der Waals surface area contributed by atoms with Crippen LogP contribution in [-0.2, 0) is 9.59 Å². The van der Waals surface area contributed by atoms with Crippen LogP contribution in [0.15, 0.2) is 24.3 Å². The van der Waals surface area contributed by atoms with Crippen molar-refractivity contribution in [1.82, 2.24) is 4.90 Å². The summed E-state index contributed by atoms with van der Waals surface area (Å²) >= 11 is 0. The number of primary amides is 1. The molecule has 1 aromatic carbocycles. The highest BCUT2D eigenvalue weighted by Crippen LogP contribution is 2.28. The van der Waals surface area contributed by atoms with E-state index in [4.69, 9.17) is 11.5 Å². The van der Waals surface area contributed by atoms with E-state index in [1.165, 1.54) is 29.2 Å². The first-order valence-corrected chi connectivity index (χ1v) is 8.10. The Morgan fingerprint density at radius 1 is 1.32 bits per heavy atom. The van der Waals surface area contributed by atoms with E-state index in [2.05, 4.69) is 11.8 Å². The Morgan fingerprint density at radius 3 is 2.48 bits per heavy atom. The lowest BCUT2D eigenvalue weighted by molar-refractivity contribution is -0.120. The van der Waals surface area contributed by atoms with E-state index in [9.17, 15) is 14.0 Å². The second-order valence-electron chi connectivity index (χ2n) is 6.71. The van der Waals surface area contributed by atoms with Crippen molar-refractivity contribution in [3.05, 3.63) is 30.1 Å². The molecule has 1 atom stereocenters. The maximum absolute atomic E-state index is 13.1. The van der Waals surface area contributed by atoms with Crippen LogP contribution in [0.5, 0.6) is 0 Å². The zero-order valence-electron chi connectivity index (χ0n) is 14.4. The van der Waals surface area contributed by atoms with Gasteiger partial charge in [0, 0.05) is 25.2 Å². The topological polar surface area (TPSA) is 92.7 Å². The van der Waals surface area contributed by atoms with Gasteiger partial charge in [0.1, 0.15) is 5.82 Å². The van der Waals surface area contributed by atoms with Crippen LogP contribution in [0.4, 0.5) is 10.1 Å². The molecular formula is C17H26ClFN4O2. The molecule has 0 aliphatic carbocycles. The van der Waals surface area contributed by atoms with E-state index in [1.807, 2.05) is 0 Å². The molecule has 8 heteroatoms. The maximum Gasteiger partial charge on any atom is 0.241 e. The number of rotatable bonds is 7. The number of nitrogens with zero attached hydrogens (tertiary/aromatic N) is 2. The van der Waals surface area contributed by atoms with Crippen molar-refractivity contribution in [3.8, 4) is 0 Å². The predicted molar refractivity (Wildman–Crippen MR) is 98.0 cm³/mol. The standard InChI is InChI=1S/C17H25FN4O2.ClH/c1-17(11-19)7-9-21(12-17)10-16(24)22(8-6-15(20)23)14-4-2-13(18)3-5-14;/h2-5H,6-12,19H2,1H3,(H2,20,23);1H. The number of hydrogen-bond donors (Lipinski definition) is 2. The summed E-state index contributed by atoms with van der Waals surface area (Å²) in [4.78, 5) is 27.3. The number of anilines is 1. The number of amides is 2. The van der Waals surface area contributed by atoms with Crippen LogP contribution < -0.4 is 16.4 Å². The van der Waals surface area contributed by atoms with Crippen LogP contribution in [0.1, 0.15) is 19.8 Å². The van der Waals surface area contributed by atoms with E-state index >= 15 is 0 Å². The fraction of sp³-hybridized carbons (Fsp3) is 0.529. The minimum absolute atomic E-state index is 0. The Bertz CT molecular complexity index is 599. The molecular weight excluding hydrogens is 347 g/mol. The number of nitrogens with two attached hydrogens (primary N) is 2. The highest BCUT2D eigenvalue weighted by Gasteiger charge is 2.34. The van der Waals surface area contributed by atoms with Gasteiger partial charge >= 0.3 is 0 Å². The average Bonchev–Trinajstić information content (AvgIpc) is 2.91. The third-order valence-electron chi connectivity index (χ3n) is 4.51. The third-order valence-corrected chi connectivity index (χ3v) is 4.51. The van der Waals surface area contributed by atoms with Crippen LogP contribution in [-0.4, -0.2) is 49.4 Å². The number of benzene rings is 1. The second kappa shape index (κ2) is 9.12. The molecule has 0 bridgehead atoms. The molecule has 1 aliphatic rings. The Kier molecular flexibility index (Phi) is 7.79. The number of hydrogen-bond acceptors (Lipinski definition) is 4. The van der Waals surface area contributed by atoms with Crippen molar-refractivity contribution in [1.29, 1.82) is 0 Å². The molecule has 1 fully saturated rings. The van der Waals surface area contributed by atoms with Gasteiger partial charge in [-0.3, -0.25) is 14.5 Å². The number of carbonyl (C=O) groups is 2. The van der Waals surface area contributed by atoms with Gasteiger partial charge in [-0.2, -0.15) is 0 Å². The highest BCUT2D eigenvalue weighted by molar-refractivity contribution is 5.95. The minimum atomic E-state index is -0.480. The number of likely N-dealkylation sites (tertiary alicyclic amines) is 1. The lowest BCUT2D eigenvalue weighted by Crippen LogP contribution is -2.42. The molecule has 1 aromatic rings. The Labute approximate surface area is 153 Å². The van der Waals surface area contributed by atoms with Gasteiger partial charge < -0.3 is 16.4 Å². The van der Waals surface area contributed by atoms with Gasteiger partial charge in [0.25, 0.3) is 0 Å². The van der Waals surface area contributed by atoms with Crippen LogP contribution in [0, 0.1) is 11.2 Å². The van der Waals surface area contributed by atoms with Gasteiger partial charge in [0.05, 0.1) is 6.54 Å². The first-order valence-electron chi connectivity index (χ1n) is 8.10. The summed E-state index contributed by atoms with van der Waals surface area (Å²) in [6.45, 7) is 4.70. The summed E-state index contributed by atoms with van der Waals surface area (Å²) < 4.78 is 13.1. The van der Waals surface area contributed by atoms with E-state index < -0.39 is 5.91 Å². The maximum atomic E-state index is 13.1. The van der Waals surface area contributed by atoms with E-state index in [1.54, 1.807) is 0 Å². The first kappa shape index (κ1) is 21.3. The molecule has 0 aromatic heterocycles. The van der Waals surface area contributed by atoms with Crippen LogP contribution in [0.2, 0.25) is 0 Å². The molecule has 4 N–H and O–H groups in total. The zero-order valence-corrected chi connectivity index (χ0v) is 15.2. The van der Waals surface area contributed by atoms with Gasteiger partial charge in [-0.1, -0.05) is 6.92 Å². The van der Waals surface area contributed by atoms with E-state index in [-0.39, 0.29) is 49.1 Å². The minimum Gasteiger partial charge on any atom is -0.370 e. The van der Waals surface area contributed by atoms with Crippen LogP contribution in [0.25, 0.3) is 0 Å². The number of halogens is 2. The normalized spacial score (nSPS) is 20.1. The molecule has 1 aliphatic heterocycles. The summed E-state index contributed by atoms with van der Waals surface area (Å²) in [5.41, 5.74) is 11.6. The van der Waals surface area contributed by atoms with Crippen molar-refractivity contribution in [2.24, 2.45) is 16.9 Å². The summed E-state index contributed by atoms with van der Waals surface area (Å²) in [6.07, 6.45) is 1.01. The summed E-state index contributed by atoms with van der Waals surface area (Å²) in [7, 11) is 0. The molecule has 1 saturated heterocycles. The summed E-state index contributed by atoms with van der Waals surface area (Å²) in [6, 6.07) is 5.65. The average molecular weight is 373 g/mol. The number of carbonyl (C=O) groups excluding carboxylic acids is 2. The monoisotopic (exact) mass is 372 g/mol. The molecule has 2 rings (SSSR count). The molecule has 2 amide bonds. The quantitative estimate of drug-likeness (QED) is 0.750. The van der Waals surface area contributed by atoms with Gasteiger partial charge in [-0.05, 0) is 49.2 Å². The fourth-order valence-corrected chi connectivity index (χ4v) is 2.95. The van der Waals surface area contributed by atoms with Gasteiger partial charge in [0.15, 0.2) is 0 Å². The Morgan fingerprint density at radius 2 is 1.96 bits per heavy atom. The molecule has 0 spiro atoms. The van der Waals surface area contributed by atoms with Gasteiger partial charge in [-0.25, -0.2) is 4.39 Å². The van der Waals surface area contributed by atoms with Gasteiger partial charge in [-0.15, -0.1) is 12.4 Å². The predicted octanol–water partition coefficient (Wildman–Crippen LogP) is 1.13. The Hall–Kier alpha value is -1.70. The highest BCUT2D eigenvalue weighted by atomic mass is 35.5. The van der Waals surface area contributed by atoms with Crippen molar-refractivity contribution in [2.45, 2.75) is 19.8 Å². The van der Waals surface area contributed by atoms with Crippen molar-refractivity contribution >= 4 is 29.9 Å². The third kappa shape index (κ3) is 5.95. The second-order valence-corrected chi connectivity index (χ2v) is 6.71. The van der Waals surface area contributed by atoms with Crippen LogP contribution in [0.3, 0.4) is 0 Å². The Balaban J connectivity index is 0.00000312. The molecule has 0 radical (unpaired) electrons. The van der Waals surface area contributed by atoms with E-state index in [0.717, 1.165) is 19.5 Å². The summed E-state index contributed by atoms with van der Waals surface area (Å²) in [5, 5.41) is 0. The fourth-order valence-electron chi connectivity index (χ4n) is 2.95.